The number of carbonyl (C=O) groups is 2. The molecule has 5 heteroatoms. The molecule has 0 spiro atoms. The van der Waals surface area contributed by atoms with Crippen molar-refractivity contribution in [1.29, 1.82) is 0 Å². The average Bonchev–Trinajstić information content (AvgIpc) is 3.12. The van der Waals surface area contributed by atoms with Crippen molar-refractivity contribution in [3.05, 3.63) is 84.2 Å². The molecule has 3 aromatic rings. The minimum Gasteiger partial charge on any atom is -0.494 e. The fraction of sp³-hybridized carbons (Fsp3) is 0.143. The van der Waals surface area contributed by atoms with E-state index in [1.54, 1.807) is 47.2 Å². The summed E-state index contributed by atoms with van der Waals surface area (Å²) in [5.74, 6) is -0.518. The molecule has 0 saturated heterocycles. The van der Waals surface area contributed by atoms with Gasteiger partial charge >= 0.3 is 0 Å². The quantitative estimate of drug-likeness (QED) is 0.522. The maximum Gasteiger partial charge on any atom is 0.298 e. The first-order chi connectivity index (χ1) is 12.7. The third-order valence-corrected chi connectivity index (χ3v) is 3.89. The van der Waals surface area contributed by atoms with Gasteiger partial charge in [0.15, 0.2) is 0 Å². The van der Waals surface area contributed by atoms with Crippen molar-refractivity contribution >= 4 is 17.4 Å². The number of hydrogen-bond donors (Lipinski definition) is 1. The van der Waals surface area contributed by atoms with E-state index < -0.39 is 11.7 Å². The summed E-state index contributed by atoms with van der Waals surface area (Å²) in [6.07, 6.45) is 1.80. The van der Waals surface area contributed by atoms with Gasteiger partial charge < -0.3 is 14.6 Å². The third-order valence-electron chi connectivity index (χ3n) is 3.89. The van der Waals surface area contributed by atoms with Crippen LogP contribution in [0, 0.1) is 0 Å². The highest BCUT2D eigenvalue weighted by Crippen LogP contribution is 2.16. The lowest BCUT2D eigenvalue weighted by molar-refractivity contribution is -0.112. The molecule has 1 N–H and O–H groups in total. The van der Waals surface area contributed by atoms with E-state index in [1.807, 2.05) is 37.3 Å². The summed E-state index contributed by atoms with van der Waals surface area (Å²) < 4.78 is 7.13. The van der Waals surface area contributed by atoms with Crippen molar-refractivity contribution in [1.82, 2.24) is 4.57 Å². The van der Waals surface area contributed by atoms with E-state index in [2.05, 4.69) is 5.32 Å². The number of rotatable bonds is 7. The first-order valence-electron chi connectivity index (χ1n) is 8.45. The van der Waals surface area contributed by atoms with Gasteiger partial charge in [-0.2, -0.15) is 0 Å². The van der Waals surface area contributed by atoms with E-state index in [4.69, 9.17) is 4.74 Å². The van der Waals surface area contributed by atoms with Gasteiger partial charge in [0.1, 0.15) is 5.75 Å². The molecule has 0 atom stereocenters. The number of anilines is 1. The minimum atomic E-state index is -0.665. The molecule has 0 radical (unpaired) electrons. The molecule has 0 fully saturated rings. The number of amides is 1. The number of aromatic nitrogens is 1. The van der Waals surface area contributed by atoms with Crippen molar-refractivity contribution in [2.75, 3.05) is 11.9 Å². The van der Waals surface area contributed by atoms with Crippen molar-refractivity contribution < 1.29 is 14.3 Å². The molecule has 0 unspecified atom stereocenters. The predicted octanol–water partition coefficient (Wildman–Crippen LogP) is 3.76. The van der Waals surface area contributed by atoms with Crippen LogP contribution in [-0.2, 0) is 11.3 Å². The van der Waals surface area contributed by atoms with Gasteiger partial charge in [-0.3, -0.25) is 9.59 Å². The summed E-state index contributed by atoms with van der Waals surface area (Å²) in [7, 11) is 0. The average molecular weight is 348 g/mol. The standard InChI is InChI=1S/C21H20N2O3/c1-2-26-18-12-10-17(11-13-18)22-21(25)20(24)19-9-6-14-23(19)15-16-7-4-3-5-8-16/h3-14H,2,15H2,1H3,(H,22,25). The van der Waals surface area contributed by atoms with Crippen molar-refractivity contribution in [2.45, 2.75) is 13.5 Å². The molecule has 3 rings (SSSR count). The normalized spacial score (nSPS) is 10.3. The Kier molecular flexibility index (Phi) is 5.49. The Morgan fingerprint density at radius 3 is 2.38 bits per heavy atom. The van der Waals surface area contributed by atoms with Gasteiger partial charge in [0.25, 0.3) is 11.7 Å². The van der Waals surface area contributed by atoms with E-state index in [1.165, 1.54) is 0 Å². The Morgan fingerprint density at radius 2 is 1.69 bits per heavy atom. The number of carbonyl (C=O) groups excluding carboxylic acids is 2. The van der Waals surface area contributed by atoms with Crippen molar-refractivity contribution in [3.63, 3.8) is 0 Å². The summed E-state index contributed by atoms with van der Waals surface area (Å²) in [5, 5.41) is 2.63. The van der Waals surface area contributed by atoms with Crippen LogP contribution in [0.25, 0.3) is 0 Å². The number of nitrogens with one attached hydrogen (secondary N) is 1. The van der Waals surface area contributed by atoms with Gasteiger partial charge in [-0.15, -0.1) is 0 Å². The largest absolute Gasteiger partial charge is 0.494 e. The molecule has 1 aromatic heterocycles. The van der Waals surface area contributed by atoms with E-state index in [9.17, 15) is 9.59 Å². The number of ketones is 1. The Labute approximate surface area is 152 Å². The Hall–Kier alpha value is -3.34. The zero-order valence-corrected chi connectivity index (χ0v) is 14.5. The van der Waals surface area contributed by atoms with Crippen molar-refractivity contribution in [2.24, 2.45) is 0 Å². The molecule has 2 aromatic carbocycles. The zero-order valence-electron chi connectivity index (χ0n) is 14.5. The van der Waals surface area contributed by atoms with E-state index >= 15 is 0 Å². The summed E-state index contributed by atoms with van der Waals surface area (Å²) >= 11 is 0. The second kappa shape index (κ2) is 8.16. The summed E-state index contributed by atoms with van der Waals surface area (Å²) in [4.78, 5) is 24.9. The lowest BCUT2D eigenvalue weighted by atomic mass is 10.2. The van der Waals surface area contributed by atoms with Gasteiger partial charge in [-0.05, 0) is 48.9 Å². The van der Waals surface area contributed by atoms with Gasteiger partial charge in [0, 0.05) is 18.4 Å². The van der Waals surface area contributed by atoms with Crippen LogP contribution in [0.5, 0.6) is 5.75 Å². The molecular weight excluding hydrogens is 328 g/mol. The number of hydrogen-bond acceptors (Lipinski definition) is 3. The summed E-state index contributed by atoms with van der Waals surface area (Å²) in [6.45, 7) is 3.01. The highest BCUT2D eigenvalue weighted by molar-refractivity contribution is 6.46. The second-order valence-corrected chi connectivity index (χ2v) is 5.75. The van der Waals surface area contributed by atoms with E-state index in [0.29, 0.717) is 30.3 Å². The van der Waals surface area contributed by atoms with Gasteiger partial charge in [0.05, 0.1) is 12.3 Å². The monoisotopic (exact) mass is 348 g/mol. The van der Waals surface area contributed by atoms with Crippen molar-refractivity contribution in [3.8, 4) is 5.75 Å². The highest BCUT2D eigenvalue weighted by atomic mass is 16.5. The molecule has 1 heterocycles. The predicted molar refractivity (Wildman–Crippen MR) is 101 cm³/mol. The van der Waals surface area contributed by atoms with Crippen LogP contribution in [0.3, 0.4) is 0 Å². The lowest BCUT2D eigenvalue weighted by Gasteiger charge is -2.10. The topological polar surface area (TPSA) is 60.3 Å². The summed E-state index contributed by atoms with van der Waals surface area (Å²) in [6, 6.07) is 20.1. The molecule has 0 saturated carbocycles. The van der Waals surface area contributed by atoms with Crippen LogP contribution in [0.2, 0.25) is 0 Å². The Morgan fingerprint density at radius 1 is 0.962 bits per heavy atom. The van der Waals surface area contributed by atoms with Gasteiger partial charge in [-0.25, -0.2) is 0 Å². The maximum atomic E-state index is 12.5. The molecule has 132 valence electrons. The van der Waals surface area contributed by atoms with Crippen LogP contribution >= 0.6 is 0 Å². The van der Waals surface area contributed by atoms with Gasteiger partial charge in [-0.1, -0.05) is 30.3 Å². The first-order valence-corrected chi connectivity index (χ1v) is 8.45. The van der Waals surface area contributed by atoms with Crippen LogP contribution < -0.4 is 10.1 Å². The van der Waals surface area contributed by atoms with Gasteiger partial charge in [0.2, 0.25) is 0 Å². The van der Waals surface area contributed by atoms with Crippen LogP contribution in [0.1, 0.15) is 23.0 Å². The molecule has 1 amide bonds. The molecule has 0 bridgehead atoms. The smallest absolute Gasteiger partial charge is 0.298 e. The van der Waals surface area contributed by atoms with Crippen LogP contribution in [0.15, 0.2) is 72.9 Å². The molecule has 0 aliphatic rings. The van der Waals surface area contributed by atoms with Crippen LogP contribution in [0.4, 0.5) is 5.69 Å². The molecule has 26 heavy (non-hydrogen) atoms. The first kappa shape index (κ1) is 17.5. The lowest BCUT2D eigenvalue weighted by Crippen LogP contribution is -2.25. The fourth-order valence-corrected chi connectivity index (χ4v) is 2.64. The zero-order chi connectivity index (χ0) is 18.4. The molecular formula is C21H20N2O3. The Balaban J connectivity index is 1.69. The maximum absolute atomic E-state index is 12.5. The van der Waals surface area contributed by atoms with E-state index in [0.717, 1.165) is 5.56 Å². The Bertz CT molecular complexity index is 883. The van der Waals surface area contributed by atoms with E-state index in [-0.39, 0.29) is 0 Å². The van der Waals surface area contributed by atoms with Crippen LogP contribution in [-0.4, -0.2) is 22.9 Å². The SMILES string of the molecule is CCOc1ccc(NC(=O)C(=O)c2cccn2Cc2ccccc2)cc1. The molecule has 5 nitrogen and oxygen atoms in total. The molecule has 0 aliphatic heterocycles. The minimum absolute atomic E-state index is 0.359. The second-order valence-electron chi connectivity index (χ2n) is 5.75. The highest BCUT2D eigenvalue weighted by Gasteiger charge is 2.19. The summed E-state index contributed by atoms with van der Waals surface area (Å²) in [5.41, 5.74) is 1.97. The molecule has 0 aliphatic carbocycles. The number of ether oxygens (including phenoxy) is 1. The number of benzene rings is 2. The third kappa shape index (κ3) is 4.19. The number of Topliss-reactive ketones (excluding diaryl/α,β-unsaturated/α-hetero) is 1. The fourth-order valence-electron chi connectivity index (χ4n) is 2.64. The number of nitrogens with zero attached hydrogens (tertiary/aromatic N) is 1.